The molecule has 1 heterocycles. The molecule has 1 amide bonds. The van der Waals surface area contributed by atoms with Crippen molar-refractivity contribution in [3.05, 3.63) is 12.3 Å². The van der Waals surface area contributed by atoms with Crippen LogP contribution in [0.1, 0.15) is 39.2 Å². The van der Waals surface area contributed by atoms with Crippen LogP contribution >= 0.6 is 0 Å². The predicted molar refractivity (Wildman–Crippen MR) is 65.0 cm³/mol. The maximum atomic E-state index is 13.9. The molecule has 1 aromatic rings. The Morgan fingerprint density at radius 3 is 2.68 bits per heavy atom. The van der Waals surface area contributed by atoms with Gasteiger partial charge in [-0.3, -0.25) is 4.79 Å². The summed E-state index contributed by atoms with van der Waals surface area (Å²) in [7, 11) is 0. The summed E-state index contributed by atoms with van der Waals surface area (Å²) in [4.78, 5) is 11.7. The summed E-state index contributed by atoms with van der Waals surface area (Å²) in [5.41, 5.74) is -2.21. The van der Waals surface area contributed by atoms with E-state index in [1.807, 2.05) is 13.8 Å². The molecule has 106 valence electrons. The van der Waals surface area contributed by atoms with Crippen LogP contribution in [0.4, 0.5) is 14.6 Å². The number of hydrogen-bond donors (Lipinski definition) is 2. The summed E-state index contributed by atoms with van der Waals surface area (Å²) in [5.74, 6) is -5.09. The lowest BCUT2D eigenvalue weighted by Crippen LogP contribution is -2.59. The second-order valence-electron chi connectivity index (χ2n) is 5.17. The average molecular weight is 273 g/mol. The number of anilines is 1. The maximum Gasteiger partial charge on any atom is 0.352 e. The summed E-state index contributed by atoms with van der Waals surface area (Å²) < 4.78 is 29.2. The van der Waals surface area contributed by atoms with Gasteiger partial charge in [-0.1, -0.05) is 0 Å². The van der Waals surface area contributed by atoms with E-state index < -0.39 is 17.4 Å². The monoisotopic (exact) mass is 273 g/mol. The summed E-state index contributed by atoms with van der Waals surface area (Å²) >= 11 is 0. The number of aromatic nitrogens is 2. The van der Waals surface area contributed by atoms with Crippen LogP contribution in [0.2, 0.25) is 0 Å². The van der Waals surface area contributed by atoms with Gasteiger partial charge in [0.05, 0.1) is 6.20 Å². The topological polar surface area (TPSA) is 67.2 Å². The van der Waals surface area contributed by atoms with E-state index in [1.54, 1.807) is 0 Å². The average Bonchev–Trinajstić information content (AvgIpc) is 2.73. The van der Waals surface area contributed by atoms with Gasteiger partial charge in [-0.05, 0) is 33.1 Å². The summed E-state index contributed by atoms with van der Waals surface area (Å²) in [5, 5.41) is 15.8. The Balaban J connectivity index is 2.14. The van der Waals surface area contributed by atoms with Crippen LogP contribution in [0, 0.1) is 0 Å². The van der Waals surface area contributed by atoms with Crippen molar-refractivity contribution in [3.8, 4) is 0 Å². The van der Waals surface area contributed by atoms with E-state index in [0.717, 1.165) is 0 Å². The van der Waals surface area contributed by atoms with Crippen LogP contribution in [-0.2, 0) is 4.79 Å². The van der Waals surface area contributed by atoms with Crippen molar-refractivity contribution in [2.45, 2.75) is 50.7 Å². The van der Waals surface area contributed by atoms with E-state index in [2.05, 4.69) is 10.4 Å². The minimum atomic E-state index is -3.79. The van der Waals surface area contributed by atoms with Gasteiger partial charge in [0.25, 0.3) is 5.91 Å². The van der Waals surface area contributed by atoms with E-state index >= 15 is 0 Å². The van der Waals surface area contributed by atoms with Gasteiger partial charge in [-0.15, -0.1) is 0 Å². The predicted octanol–water partition coefficient (Wildman–Crippen LogP) is 1.95. The first-order valence-electron chi connectivity index (χ1n) is 6.23. The number of aliphatic hydroxyl groups is 1. The van der Waals surface area contributed by atoms with E-state index in [0.29, 0.717) is 6.42 Å². The zero-order valence-corrected chi connectivity index (χ0v) is 10.9. The Hall–Kier alpha value is -1.50. The van der Waals surface area contributed by atoms with E-state index in [-0.39, 0.29) is 24.7 Å². The zero-order chi connectivity index (χ0) is 14.3. The molecule has 1 aliphatic carbocycles. The van der Waals surface area contributed by atoms with Crippen molar-refractivity contribution in [3.63, 3.8) is 0 Å². The summed E-state index contributed by atoms with van der Waals surface area (Å²) in [6.07, 6.45) is 1.81. The highest BCUT2D eigenvalue weighted by Crippen LogP contribution is 2.44. The van der Waals surface area contributed by atoms with Gasteiger partial charge < -0.3 is 10.4 Å². The number of halogens is 2. The molecule has 2 rings (SSSR count). The first kappa shape index (κ1) is 13.9. The van der Waals surface area contributed by atoms with Crippen LogP contribution in [-0.4, -0.2) is 32.3 Å². The summed E-state index contributed by atoms with van der Waals surface area (Å²) in [6, 6.07) is 1.38. The Bertz CT molecular complexity index is 481. The third kappa shape index (κ3) is 2.22. The molecule has 19 heavy (non-hydrogen) atoms. The molecule has 1 fully saturated rings. The smallest absolute Gasteiger partial charge is 0.352 e. The number of rotatable bonds is 4. The fourth-order valence-corrected chi connectivity index (χ4v) is 2.06. The van der Waals surface area contributed by atoms with Crippen LogP contribution in [0.25, 0.3) is 0 Å². The van der Waals surface area contributed by atoms with Gasteiger partial charge in [0.2, 0.25) is 0 Å². The molecule has 0 bridgehead atoms. The number of alkyl halides is 2. The van der Waals surface area contributed by atoms with Gasteiger partial charge in [-0.25, -0.2) is 4.68 Å². The normalized spacial score (nSPS) is 18.2. The minimum Gasteiger partial charge on any atom is -0.383 e. The van der Waals surface area contributed by atoms with Gasteiger partial charge in [0.15, 0.2) is 0 Å². The molecule has 0 aromatic carbocycles. The van der Waals surface area contributed by atoms with Crippen molar-refractivity contribution in [1.29, 1.82) is 0 Å². The van der Waals surface area contributed by atoms with E-state index in [9.17, 15) is 18.7 Å². The molecule has 1 aliphatic rings. The third-order valence-electron chi connectivity index (χ3n) is 3.45. The lowest BCUT2D eigenvalue weighted by molar-refractivity contribution is -0.212. The van der Waals surface area contributed by atoms with Crippen molar-refractivity contribution in [2.75, 3.05) is 5.32 Å². The second-order valence-corrected chi connectivity index (χ2v) is 5.17. The quantitative estimate of drug-likeness (QED) is 0.881. The van der Waals surface area contributed by atoms with Crippen molar-refractivity contribution < 1.29 is 18.7 Å². The number of amides is 1. The molecule has 2 N–H and O–H groups in total. The summed E-state index contributed by atoms with van der Waals surface area (Å²) in [6.45, 7) is 3.64. The molecule has 0 radical (unpaired) electrons. The Labute approximate surface area is 109 Å². The van der Waals surface area contributed by atoms with Crippen molar-refractivity contribution in [2.24, 2.45) is 0 Å². The second kappa shape index (κ2) is 4.56. The van der Waals surface area contributed by atoms with Gasteiger partial charge in [0.1, 0.15) is 11.4 Å². The Morgan fingerprint density at radius 1 is 1.58 bits per heavy atom. The fourth-order valence-electron chi connectivity index (χ4n) is 2.06. The Kier molecular flexibility index (Phi) is 3.34. The first-order valence-corrected chi connectivity index (χ1v) is 6.23. The van der Waals surface area contributed by atoms with Crippen molar-refractivity contribution >= 4 is 11.7 Å². The first-order chi connectivity index (χ1) is 8.78. The molecule has 0 saturated heterocycles. The standard InChI is InChI=1S/C12H17F2N3O2/c1-8(2)17-9(4-7-15-17)16-10(18)12(13,14)11(19)5-3-6-11/h4,7-8,19H,3,5-6H2,1-2H3,(H,16,18). The number of carbonyl (C=O) groups is 1. The molecule has 5 nitrogen and oxygen atoms in total. The maximum absolute atomic E-state index is 13.9. The van der Waals surface area contributed by atoms with E-state index in [1.165, 1.54) is 16.9 Å². The SMILES string of the molecule is CC(C)n1nccc1NC(=O)C(F)(F)C1(O)CCC1. The molecule has 0 unspecified atom stereocenters. The molecule has 0 atom stereocenters. The number of hydrogen-bond acceptors (Lipinski definition) is 3. The highest BCUT2D eigenvalue weighted by atomic mass is 19.3. The highest BCUT2D eigenvalue weighted by Gasteiger charge is 2.61. The van der Waals surface area contributed by atoms with Crippen LogP contribution in [0.3, 0.4) is 0 Å². The van der Waals surface area contributed by atoms with Crippen LogP contribution in [0.5, 0.6) is 0 Å². The third-order valence-corrected chi connectivity index (χ3v) is 3.45. The number of nitrogens with zero attached hydrogens (tertiary/aromatic N) is 2. The molecule has 1 saturated carbocycles. The Morgan fingerprint density at radius 2 is 2.21 bits per heavy atom. The lowest BCUT2D eigenvalue weighted by atomic mass is 9.75. The van der Waals surface area contributed by atoms with Gasteiger partial charge >= 0.3 is 5.92 Å². The minimum absolute atomic E-state index is 0.0587. The van der Waals surface area contributed by atoms with Gasteiger partial charge in [0, 0.05) is 12.1 Å². The molecule has 0 aliphatic heterocycles. The van der Waals surface area contributed by atoms with Crippen LogP contribution < -0.4 is 5.32 Å². The van der Waals surface area contributed by atoms with Crippen molar-refractivity contribution in [1.82, 2.24) is 9.78 Å². The molecular weight excluding hydrogens is 256 g/mol. The lowest BCUT2D eigenvalue weighted by Gasteiger charge is -2.41. The van der Waals surface area contributed by atoms with Gasteiger partial charge in [-0.2, -0.15) is 13.9 Å². The number of carbonyl (C=O) groups excluding carboxylic acids is 1. The molecular formula is C12H17F2N3O2. The zero-order valence-electron chi connectivity index (χ0n) is 10.9. The largest absolute Gasteiger partial charge is 0.383 e. The molecule has 0 spiro atoms. The van der Waals surface area contributed by atoms with E-state index in [4.69, 9.17) is 0 Å². The fraction of sp³-hybridized carbons (Fsp3) is 0.667. The number of nitrogens with one attached hydrogen (secondary N) is 1. The molecule has 1 aromatic heterocycles. The van der Waals surface area contributed by atoms with Crippen LogP contribution in [0.15, 0.2) is 12.3 Å². The molecule has 7 heteroatoms. The highest BCUT2D eigenvalue weighted by molar-refractivity contribution is 5.96.